The minimum absolute atomic E-state index is 0.00408. The lowest BCUT2D eigenvalue weighted by Gasteiger charge is -2.24. The molecule has 0 saturated heterocycles. The molecule has 144 valence electrons. The number of hydrogen-bond donors (Lipinski definition) is 0. The van der Waals surface area contributed by atoms with E-state index in [4.69, 9.17) is 0 Å². The van der Waals surface area contributed by atoms with Crippen LogP contribution in [-0.2, 0) is 4.79 Å². The third-order valence-corrected chi connectivity index (χ3v) is 5.86. The molecule has 4 nitrogen and oxygen atoms in total. The van der Waals surface area contributed by atoms with Gasteiger partial charge in [-0.15, -0.1) is 0 Å². The van der Waals surface area contributed by atoms with Gasteiger partial charge in [0.05, 0.1) is 5.69 Å². The molecule has 1 aliphatic heterocycles. The van der Waals surface area contributed by atoms with Crippen LogP contribution >= 0.6 is 0 Å². The van der Waals surface area contributed by atoms with E-state index in [1.807, 2.05) is 47.4 Å². The van der Waals surface area contributed by atoms with Crippen molar-refractivity contribution in [3.05, 3.63) is 65.7 Å². The standard InChI is InChI=1S/C24H26N2O2/c27-22(19-11-5-2-6-12-19)17-25-23-20-13-7-8-14-21(20)26(24(23)28)16-15-18-9-3-1-4-10-18/h2,5-8,11-14,18H,1,3-4,9-10,15-17H2/b25-23-. The van der Waals surface area contributed by atoms with Crippen LogP contribution in [0, 0.1) is 5.92 Å². The van der Waals surface area contributed by atoms with E-state index in [0.717, 1.165) is 24.2 Å². The second-order valence-corrected chi connectivity index (χ2v) is 7.72. The zero-order chi connectivity index (χ0) is 19.3. The number of para-hydroxylation sites is 1. The van der Waals surface area contributed by atoms with Crippen molar-refractivity contribution < 1.29 is 9.59 Å². The van der Waals surface area contributed by atoms with Gasteiger partial charge in [-0.1, -0.05) is 80.6 Å². The van der Waals surface area contributed by atoms with Gasteiger partial charge in [-0.2, -0.15) is 0 Å². The molecule has 2 aromatic carbocycles. The van der Waals surface area contributed by atoms with Crippen LogP contribution in [0.25, 0.3) is 0 Å². The summed E-state index contributed by atoms with van der Waals surface area (Å²) in [7, 11) is 0. The Bertz CT molecular complexity index is 882. The second-order valence-electron chi connectivity index (χ2n) is 7.72. The quantitative estimate of drug-likeness (QED) is 0.690. The maximum absolute atomic E-state index is 13.1. The number of anilines is 1. The summed E-state index contributed by atoms with van der Waals surface area (Å²) in [5.74, 6) is 0.575. The number of aliphatic imine (C=N–C) groups is 1. The minimum Gasteiger partial charge on any atom is -0.306 e. The van der Waals surface area contributed by atoms with Crippen molar-refractivity contribution in [3.63, 3.8) is 0 Å². The maximum atomic E-state index is 13.1. The highest BCUT2D eigenvalue weighted by Crippen LogP contribution is 2.32. The summed E-state index contributed by atoms with van der Waals surface area (Å²) >= 11 is 0. The molecule has 2 aliphatic rings. The molecule has 28 heavy (non-hydrogen) atoms. The van der Waals surface area contributed by atoms with Crippen LogP contribution in [0.15, 0.2) is 59.6 Å². The SMILES string of the molecule is O=C(C/N=C1\C(=O)N(CCC2CCCCC2)c2ccccc21)c1ccccc1. The summed E-state index contributed by atoms with van der Waals surface area (Å²) in [4.78, 5) is 31.8. The fourth-order valence-electron chi connectivity index (χ4n) is 4.29. The highest BCUT2D eigenvalue weighted by atomic mass is 16.2. The number of carbonyl (C=O) groups is 2. The van der Waals surface area contributed by atoms with E-state index in [1.54, 1.807) is 12.1 Å². The van der Waals surface area contributed by atoms with Crippen molar-refractivity contribution >= 4 is 23.1 Å². The zero-order valence-electron chi connectivity index (χ0n) is 16.1. The second kappa shape index (κ2) is 8.51. The van der Waals surface area contributed by atoms with Crippen LogP contribution in [0.4, 0.5) is 5.69 Å². The third kappa shape index (κ3) is 3.91. The number of fused-ring (bicyclic) bond motifs is 1. The molecular weight excluding hydrogens is 348 g/mol. The van der Waals surface area contributed by atoms with Crippen molar-refractivity contribution in [3.8, 4) is 0 Å². The fraction of sp³-hybridized carbons (Fsp3) is 0.375. The summed E-state index contributed by atoms with van der Waals surface area (Å²) in [5, 5.41) is 0. The Morgan fingerprint density at radius 1 is 0.964 bits per heavy atom. The van der Waals surface area contributed by atoms with Crippen LogP contribution in [0.3, 0.4) is 0 Å². The third-order valence-electron chi connectivity index (χ3n) is 5.86. The first-order chi connectivity index (χ1) is 13.7. The Morgan fingerprint density at radius 2 is 1.68 bits per heavy atom. The number of Topliss-reactive ketones (excluding diaryl/α,β-unsaturated/α-hetero) is 1. The van der Waals surface area contributed by atoms with Gasteiger partial charge in [0.1, 0.15) is 12.3 Å². The van der Waals surface area contributed by atoms with Gasteiger partial charge < -0.3 is 4.90 Å². The van der Waals surface area contributed by atoms with Gasteiger partial charge >= 0.3 is 0 Å². The highest BCUT2D eigenvalue weighted by molar-refractivity contribution is 6.54. The van der Waals surface area contributed by atoms with Gasteiger partial charge in [0.25, 0.3) is 5.91 Å². The molecule has 1 saturated carbocycles. The molecule has 0 spiro atoms. The lowest BCUT2D eigenvalue weighted by atomic mass is 9.87. The average Bonchev–Trinajstić information content (AvgIpc) is 3.02. The molecule has 0 aromatic heterocycles. The van der Waals surface area contributed by atoms with E-state index >= 15 is 0 Å². The normalized spacial score (nSPS) is 18.5. The smallest absolute Gasteiger partial charge is 0.277 e. The number of nitrogens with zero attached hydrogens (tertiary/aromatic N) is 2. The minimum atomic E-state index is -0.0714. The van der Waals surface area contributed by atoms with Crippen molar-refractivity contribution in [1.29, 1.82) is 0 Å². The van der Waals surface area contributed by atoms with Crippen molar-refractivity contribution in [2.45, 2.75) is 38.5 Å². The molecule has 1 fully saturated rings. The van der Waals surface area contributed by atoms with E-state index in [9.17, 15) is 9.59 Å². The van der Waals surface area contributed by atoms with Gasteiger partial charge in [0, 0.05) is 17.7 Å². The Kier molecular flexibility index (Phi) is 5.65. The molecule has 1 heterocycles. The van der Waals surface area contributed by atoms with Crippen molar-refractivity contribution in [2.75, 3.05) is 18.0 Å². The van der Waals surface area contributed by atoms with Crippen LogP contribution in [0.2, 0.25) is 0 Å². The molecular formula is C24H26N2O2. The predicted molar refractivity (Wildman–Crippen MR) is 112 cm³/mol. The number of hydrogen-bond acceptors (Lipinski definition) is 3. The van der Waals surface area contributed by atoms with Gasteiger partial charge in [-0.25, -0.2) is 0 Å². The summed E-state index contributed by atoms with van der Waals surface area (Å²) in [6.45, 7) is 0.724. The van der Waals surface area contributed by atoms with Gasteiger partial charge in [0.15, 0.2) is 5.78 Å². The Balaban J connectivity index is 1.50. The van der Waals surface area contributed by atoms with E-state index < -0.39 is 0 Å². The van der Waals surface area contributed by atoms with Crippen LogP contribution in [-0.4, -0.2) is 30.5 Å². The molecule has 0 N–H and O–H groups in total. The lowest BCUT2D eigenvalue weighted by molar-refractivity contribution is -0.112. The molecule has 0 bridgehead atoms. The maximum Gasteiger partial charge on any atom is 0.277 e. The first-order valence-electron chi connectivity index (χ1n) is 10.3. The summed E-state index contributed by atoms with van der Waals surface area (Å²) in [6.07, 6.45) is 7.55. The average molecular weight is 374 g/mol. The number of benzene rings is 2. The predicted octanol–water partition coefficient (Wildman–Crippen LogP) is 4.68. The lowest BCUT2D eigenvalue weighted by Crippen LogP contribution is -2.32. The van der Waals surface area contributed by atoms with Crippen molar-refractivity contribution in [2.24, 2.45) is 10.9 Å². The summed E-state index contributed by atoms with van der Waals surface area (Å²) < 4.78 is 0. The highest BCUT2D eigenvalue weighted by Gasteiger charge is 2.33. The molecule has 1 amide bonds. The molecule has 4 heteroatoms. The Labute approximate surface area is 166 Å². The first kappa shape index (κ1) is 18.6. The van der Waals surface area contributed by atoms with Gasteiger partial charge in [-0.3, -0.25) is 14.6 Å². The van der Waals surface area contributed by atoms with Crippen molar-refractivity contribution in [1.82, 2.24) is 0 Å². The monoisotopic (exact) mass is 374 g/mol. The number of carbonyl (C=O) groups excluding carboxylic acids is 2. The number of ketones is 1. The van der Waals surface area contributed by atoms with Gasteiger partial charge in [0.2, 0.25) is 0 Å². The topological polar surface area (TPSA) is 49.7 Å². The van der Waals surface area contributed by atoms with Crippen LogP contribution in [0.1, 0.15) is 54.4 Å². The number of amides is 1. The van der Waals surface area contributed by atoms with E-state index in [-0.39, 0.29) is 18.2 Å². The van der Waals surface area contributed by atoms with Crippen LogP contribution < -0.4 is 4.90 Å². The molecule has 2 aromatic rings. The number of rotatable bonds is 6. The van der Waals surface area contributed by atoms with E-state index in [1.165, 1.54) is 32.1 Å². The summed E-state index contributed by atoms with van der Waals surface area (Å²) in [6, 6.07) is 16.9. The Hall–Kier alpha value is -2.75. The van der Waals surface area contributed by atoms with E-state index in [0.29, 0.717) is 17.2 Å². The largest absolute Gasteiger partial charge is 0.306 e. The molecule has 0 atom stereocenters. The molecule has 0 radical (unpaired) electrons. The fourth-order valence-corrected chi connectivity index (χ4v) is 4.29. The molecule has 1 aliphatic carbocycles. The Morgan fingerprint density at radius 3 is 2.46 bits per heavy atom. The molecule has 0 unspecified atom stereocenters. The summed E-state index contributed by atoms with van der Waals surface area (Å²) in [5.41, 5.74) is 2.81. The van der Waals surface area contributed by atoms with Gasteiger partial charge in [-0.05, 0) is 18.4 Å². The van der Waals surface area contributed by atoms with Crippen LogP contribution in [0.5, 0.6) is 0 Å². The first-order valence-corrected chi connectivity index (χ1v) is 10.3. The molecule has 4 rings (SSSR count). The van der Waals surface area contributed by atoms with E-state index in [2.05, 4.69) is 4.99 Å². The zero-order valence-corrected chi connectivity index (χ0v) is 16.1.